The molecule has 1 aromatic heterocycles. The van der Waals surface area contributed by atoms with Crippen molar-refractivity contribution in [2.24, 2.45) is 0 Å². The molecule has 2 aromatic rings. The summed E-state index contributed by atoms with van der Waals surface area (Å²) in [7, 11) is 0. The van der Waals surface area contributed by atoms with Crippen LogP contribution < -0.4 is 5.32 Å². The van der Waals surface area contributed by atoms with Gasteiger partial charge in [-0.2, -0.15) is 5.10 Å². The van der Waals surface area contributed by atoms with E-state index in [0.717, 1.165) is 36.3 Å². The van der Waals surface area contributed by atoms with Crippen LogP contribution >= 0.6 is 0 Å². The number of nitrogens with one attached hydrogen (secondary N) is 1. The number of carbonyl (C=O) groups is 2. The van der Waals surface area contributed by atoms with Gasteiger partial charge in [0.2, 0.25) is 0 Å². The summed E-state index contributed by atoms with van der Waals surface area (Å²) in [5, 5.41) is 16.8. The maximum atomic E-state index is 12.5. The molecule has 0 bridgehead atoms. The third-order valence-corrected chi connectivity index (χ3v) is 4.85. The van der Waals surface area contributed by atoms with Crippen LogP contribution in [0.3, 0.4) is 0 Å². The van der Waals surface area contributed by atoms with Crippen molar-refractivity contribution >= 4 is 11.9 Å². The molecule has 1 saturated carbocycles. The van der Waals surface area contributed by atoms with Crippen molar-refractivity contribution in [3.8, 4) is 5.69 Å². The minimum absolute atomic E-state index is 0.343. The first-order valence-corrected chi connectivity index (χ1v) is 8.61. The summed E-state index contributed by atoms with van der Waals surface area (Å²) < 4.78 is 1.82. The number of carboxylic acid groups (broad SMARTS) is 1. The summed E-state index contributed by atoms with van der Waals surface area (Å²) in [5.74, 6) is -1.29. The lowest BCUT2D eigenvalue weighted by atomic mass is 9.81. The Bertz CT molecular complexity index is 787. The van der Waals surface area contributed by atoms with Gasteiger partial charge in [-0.15, -0.1) is 0 Å². The zero-order valence-electron chi connectivity index (χ0n) is 14.6. The second kappa shape index (κ2) is 6.70. The lowest BCUT2D eigenvalue weighted by molar-refractivity contribution is -0.145. The number of hydrogen-bond acceptors (Lipinski definition) is 3. The number of aryl methyl sites for hydroxylation is 2. The van der Waals surface area contributed by atoms with Gasteiger partial charge in [0.1, 0.15) is 5.54 Å². The normalized spacial score (nSPS) is 16.4. The molecule has 0 unspecified atom stereocenters. The van der Waals surface area contributed by atoms with Gasteiger partial charge in [0.05, 0.1) is 11.4 Å². The predicted octanol–water partition coefficient (Wildman–Crippen LogP) is 3.01. The van der Waals surface area contributed by atoms with E-state index in [4.69, 9.17) is 0 Å². The highest BCUT2D eigenvalue weighted by Gasteiger charge is 2.41. The van der Waals surface area contributed by atoms with Gasteiger partial charge in [-0.05, 0) is 57.0 Å². The molecule has 0 aliphatic heterocycles. The fourth-order valence-corrected chi connectivity index (χ4v) is 3.48. The van der Waals surface area contributed by atoms with E-state index in [0.29, 0.717) is 18.4 Å². The minimum atomic E-state index is -1.14. The van der Waals surface area contributed by atoms with Gasteiger partial charge < -0.3 is 10.4 Å². The van der Waals surface area contributed by atoms with Gasteiger partial charge in [-0.1, -0.05) is 19.3 Å². The SMILES string of the molecule is Cc1cc(C)n(-c2ccc(C(=O)NC3(C(=O)O)CCCCC3)cc2)n1. The molecule has 1 aromatic carbocycles. The zero-order chi connectivity index (χ0) is 18.0. The molecule has 1 amide bonds. The van der Waals surface area contributed by atoms with E-state index in [1.54, 1.807) is 12.1 Å². The molecule has 6 nitrogen and oxygen atoms in total. The Balaban J connectivity index is 1.78. The summed E-state index contributed by atoms with van der Waals surface area (Å²) in [4.78, 5) is 24.2. The molecular formula is C19H23N3O3. The van der Waals surface area contributed by atoms with Crippen molar-refractivity contribution < 1.29 is 14.7 Å². The molecule has 0 radical (unpaired) electrons. The van der Waals surface area contributed by atoms with Crippen LogP contribution in [0.4, 0.5) is 0 Å². The smallest absolute Gasteiger partial charge is 0.329 e. The predicted molar refractivity (Wildman–Crippen MR) is 94.0 cm³/mol. The number of carboxylic acids is 1. The van der Waals surface area contributed by atoms with Crippen LogP contribution in [0.15, 0.2) is 30.3 Å². The number of amides is 1. The molecule has 2 N–H and O–H groups in total. The van der Waals surface area contributed by atoms with E-state index in [9.17, 15) is 14.7 Å². The Morgan fingerprint density at radius 3 is 2.28 bits per heavy atom. The molecule has 1 aliphatic carbocycles. The summed E-state index contributed by atoms with van der Waals surface area (Å²) in [5.41, 5.74) is 2.13. The number of aromatic nitrogens is 2. The van der Waals surface area contributed by atoms with Crippen molar-refractivity contribution in [3.05, 3.63) is 47.3 Å². The van der Waals surface area contributed by atoms with Crippen LogP contribution in [0.1, 0.15) is 53.8 Å². The van der Waals surface area contributed by atoms with Gasteiger partial charge in [-0.25, -0.2) is 9.48 Å². The monoisotopic (exact) mass is 341 g/mol. The van der Waals surface area contributed by atoms with Crippen molar-refractivity contribution in [2.75, 3.05) is 0 Å². The number of aliphatic carboxylic acids is 1. The highest BCUT2D eigenvalue weighted by Crippen LogP contribution is 2.29. The van der Waals surface area contributed by atoms with Crippen LogP contribution in [0, 0.1) is 13.8 Å². The molecular weight excluding hydrogens is 318 g/mol. The van der Waals surface area contributed by atoms with Crippen LogP contribution in [0.25, 0.3) is 5.69 Å². The molecule has 1 fully saturated rings. The van der Waals surface area contributed by atoms with Crippen LogP contribution in [-0.2, 0) is 4.79 Å². The lowest BCUT2D eigenvalue weighted by Gasteiger charge is -2.34. The number of hydrogen-bond donors (Lipinski definition) is 2. The highest BCUT2D eigenvalue weighted by molar-refractivity contribution is 5.98. The first-order valence-electron chi connectivity index (χ1n) is 8.61. The molecule has 0 atom stereocenters. The van der Waals surface area contributed by atoms with E-state index in [-0.39, 0.29) is 5.91 Å². The maximum Gasteiger partial charge on any atom is 0.329 e. The van der Waals surface area contributed by atoms with Gasteiger partial charge in [0.25, 0.3) is 5.91 Å². The number of carbonyl (C=O) groups excluding carboxylic acids is 1. The Kier molecular flexibility index (Phi) is 4.61. The van der Waals surface area contributed by atoms with Crippen molar-refractivity contribution in [2.45, 2.75) is 51.5 Å². The summed E-state index contributed by atoms with van der Waals surface area (Å²) in [6.07, 6.45) is 3.63. The van der Waals surface area contributed by atoms with Crippen molar-refractivity contribution in [1.29, 1.82) is 0 Å². The number of rotatable bonds is 4. The van der Waals surface area contributed by atoms with E-state index < -0.39 is 11.5 Å². The summed E-state index contributed by atoms with van der Waals surface area (Å²) in [6.45, 7) is 3.90. The van der Waals surface area contributed by atoms with Crippen LogP contribution in [0.2, 0.25) is 0 Å². The first kappa shape index (κ1) is 17.2. The van der Waals surface area contributed by atoms with Gasteiger partial charge in [-0.3, -0.25) is 4.79 Å². The van der Waals surface area contributed by atoms with Gasteiger partial charge in [0, 0.05) is 11.3 Å². The Labute approximate surface area is 146 Å². The van der Waals surface area contributed by atoms with E-state index in [2.05, 4.69) is 10.4 Å². The Morgan fingerprint density at radius 2 is 1.76 bits per heavy atom. The molecule has 1 heterocycles. The van der Waals surface area contributed by atoms with Crippen LogP contribution in [-0.4, -0.2) is 32.3 Å². The molecule has 0 spiro atoms. The third kappa shape index (κ3) is 3.43. The quantitative estimate of drug-likeness (QED) is 0.895. The molecule has 1 aliphatic rings. The molecule has 3 rings (SSSR count). The second-order valence-electron chi connectivity index (χ2n) is 6.79. The fraction of sp³-hybridized carbons (Fsp3) is 0.421. The number of benzene rings is 1. The van der Waals surface area contributed by atoms with E-state index >= 15 is 0 Å². The first-order chi connectivity index (χ1) is 11.9. The Hall–Kier alpha value is -2.63. The topological polar surface area (TPSA) is 84.2 Å². The minimum Gasteiger partial charge on any atom is -0.480 e. The molecule has 25 heavy (non-hydrogen) atoms. The molecule has 6 heteroatoms. The van der Waals surface area contributed by atoms with E-state index in [1.807, 2.05) is 36.7 Å². The molecule has 0 saturated heterocycles. The van der Waals surface area contributed by atoms with Crippen molar-refractivity contribution in [3.63, 3.8) is 0 Å². The Morgan fingerprint density at radius 1 is 1.12 bits per heavy atom. The zero-order valence-corrected chi connectivity index (χ0v) is 14.6. The third-order valence-electron chi connectivity index (χ3n) is 4.85. The fourth-order valence-electron chi connectivity index (χ4n) is 3.48. The summed E-state index contributed by atoms with van der Waals surface area (Å²) >= 11 is 0. The average Bonchev–Trinajstić information content (AvgIpc) is 2.94. The van der Waals surface area contributed by atoms with E-state index in [1.165, 1.54) is 0 Å². The average molecular weight is 341 g/mol. The van der Waals surface area contributed by atoms with Gasteiger partial charge >= 0.3 is 5.97 Å². The van der Waals surface area contributed by atoms with Crippen LogP contribution in [0.5, 0.6) is 0 Å². The standard InChI is InChI=1S/C19H23N3O3/c1-13-12-14(2)22(21-13)16-8-6-15(7-9-16)17(23)20-19(18(24)25)10-4-3-5-11-19/h6-9,12H,3-5,10-11H2,1-2H3,(H,20,23)(H,24,25). The maximum absolute atomic E-state index is 12.5. The molecule has 132 valence electrons. The summed E-state index contributed by atoms with van der Waals surface area (Å²) in [6, 6.07) is 9.05. The lowest BCUT2D eigenvalue weighted by Crippen LogP contribution is -2.55. The highest BCUT2D eigenvalue weighted by atomic mass is 16.4. The largest absolute Gasteiger partial charge is 0.480 e. The van der Waals surface area contributed by atoms with Gasteiger partial charge in [0.15, 0.2) is 0 Å². The van der Waals surface area contributed by atoms with Crippen molar-refractivity contribution in [1.82, 2.24) is 15.1 Å². The second-order valence-corrected chi connectivity index (χ2v) is 6.79. The number of nitrogens with zero attached hydrogens (tertiary/aromatic N) is 2.